The first kappa shape index (κ1) is 11.9. The number of carboxylic acid groups (broad SMARTS) is 1. The van der Waals surface area contributed by atoms with Crippen molar-refractivity contribution in [2.75, 3.05) is 0 Å². The molecule has 0 bridgehead atoms. The number of nitrogens with zero attached hydrogens (tertiary/aromatic N) is 1. The molecule has 0 aromatic heterocycles. The van der Waals surface area contributed by atoms with E-state index in [1.165, 1.54) is 0 Å². The number of hydrogen-bond acceptors (Lipinski definition) is 2. The summed E-state index contributed by atoms with van der Waals surface area (Å²) in [4.78, 5) is 15.6. The highest BCUT2D eigenvalue weighted by Crippen LogP contribution is 2.40. The van der Waals surface area contributed by atoms with Crippen molar-refractivity contribution in [2.24, 2.45) is 4.99 Å². The van der Waals surface area contributed by atoms with Gasteiger partial charge in [0.25, 0.3) is 0 Å². The van der Waals surface area contributed by atoms with Crippen molar-refractivity contribution < 1.29 is 9.90 Å². The number of aliphatic carboxylic acids is 1. The van der Waals surface area contributed by atoms with Crippen molar-refractivity contribution in [3.8, 4) is 0 Å². The van der Waals surface area contributed by atoms with E-state index in [1.54, 1.807) is 18.2 Å². The molecule has 1 atom stereocenters. The lowest BCUT2D eigenvalue weighted by Crippen LogP contribution is -2.19. The van der Waals surface area contributed by atoms with Crippen LogP contribution in [0.3, 0.4) is 0 Å². The van der Waals surface area contributed by atoms with E-state index < -0.39 is 5.97 Å². The van der Waals surface area contributed by atoms with Gasteiger partial charge in [-0.2, -0.15) is 0 Å². The molecule has 2 aromatic rings. The van der Waals surface area contributed by atoms with Crippen LogP contribution in [-0.4, -0.2) is 16.8 Å². The van der Waals surface area contributed by atoms with Gasteiger partial charge in [-0.1, -0.05) is 41.9 Å². The Balaban J connectivity index is 2.19. The van der Waals surface area contributed by atoms with Crippen LogP contribution in [-0.2, 0) is 4.79 Å². The van der Waals surface area contributed by atoms with Gasteiger partial charge in [-0.15, -0.1) is 0 Å². The second kappa shape index (κ2) is 4.52. The second-order valence-corrected chi connectivity index (χ2v) is 4.79. The number of fused-ring (bicyclic) bond motifs is 1. The number of carboxylic acids is 1. The molecule has 0 saturated carbocycles. The summed E-state index contributed by atoms with van der Waals surface area (Å²) in [5.41, 5.74) is 2.57. The third kappa shape index (κ3) is 2.02. The zero-order valence-corrected chi connectivity index (χ0v) is 10.6. The minimum absolute atomic E-state index is 0.142. The van der Waals surface area contributed by atoms with Crippen LogP contribution in [0.5, 0.6) is 0 Å². The first-order chi connectivity index (χ1) is 9.16. The summed E-state index contributed by atoms with van der Waals surface area (Å²) in [6, 6.07) is 14.7. The predicted octanol–water partition coefficient (Wildman–Crippen LogP) is 3.64. The van der Waals surface area contributed by atoms with E-state index in [-0.39, 0.29) is 11.6 Å². The summed E-state index contributed by atoms with van der Waals surface area (Å²) in [7, 11) is 0. The van der Waals surface area contributed by atoms with Crippen molar-refractivity contribution in [2.45, 2.75) is 5.92 Å². The summed E-state index contributed by atoms with van der Waals surface area (Å²) in [5, 5.41) is 9.91. The van der Waals surface area contributed by atoms with Gasteiger partial charge in [0.05, 0.1) is 11.6 Å². The molecule has 1 N–H and O–H groups in total. The molecule has 94 valence electrons. The molecular formula is C15H10ClNO2. The predicted molar refractivity (Wildman–Crippen MR) is 74.5 cm³/mol. The lowest BCUT2D eigenvalue weighted by atomic mass is 9.88. The highest BCUT2D eigenvalue weighted by molar-refractivity contribution is 6.40. The van der Waals surface area contributed by atoms with Crippen LogP contribution < -0.4 is 0 Å². The lowest BCUT2D eigenvalue weighted by molar-refractivity contribution is -0.129. The average Bonchev–Trinajstić information content (AvgIpc) is 2.78. The molecule has 1 aliphatic rings. The van der Waals surface area contributed by atoms with Crippen molar-refractivity contribution in [1.82, 2.24) is 0 Å². The minimum atomic E-state index is -0.999. The van der Waals surface area contributed by atoms with Gasteiger partial charge >= 0.3 is 5.97 Å². The molecule has 1 heterocycles. The normalized spacial score (nSPS) is 16.9. The number of hydrogen-bond donors (Lipinski definition) is 1. The average molecular weight is 272 g/mol. The van der Waals surface area contributed by atoms with E-state index in [4.69, 9.17) is 11.6 Å². The number of carbonyl (C=O) groups is 1. The first-order valence-electron chi connectivity index (χ1n) is 5.83. The summed E-state index contributed by atoms with van der Waals surface area (Å²) < 4.78 is 0. The standard InChI is InChI=1S/C15H10ClNO2/c16-10-6-7-12-11(8-10)13(14(17-12)15(18)19)9-4-2-1-3-5-9/h1-8,13H,(H,18,19). The molecule has 4 heteroatoms. The maximum atomic E-state index is 11.4. The Morgan fingerprint density at radius 3 is 2.58 bits per heavy atom. The van der Waals surface area contributed by atoms with Gasteiger partial charge in [-0.25, -0.2) is 9.79 Å². The third-order valence-corrected chi connectivity index (χ3v) is 3.40. The molecule has 0 saturated heterocycles. The molecule has 0 fully saturated rings. The van der Waals surface area contributed by atoms with Crippen molar-refractivity contribution in [3.63, 3.8) is 0 Å². The maximum absolute atomic E-state index is 11.4. The smallest absolute Gasteiger partial charge is 0.351 e. The third-order valence-electron chi connectivity index (χ3n) is 3.17. The molecule has 1 aliphatic heterocycles. The van der Waals surface area contributed by atoms with E-state index in [1.807, 2.05) is 30.3 Å². The Labute approximate surface area is 115 Å². The highest BCUT2D eigenvalue weighted by Gasteiger charge is 2.33. The monoisotopic (exact) mass is 271 g/mol. The molecular weight excluding hydrogens is 262 g/mol. The minimum Gasteiger partial charge on any atom is -0.477 e. The molecule has 0 spiro atoms. The van der Waals surface area contributed by atoms with Crippen LogP contribution in [0.25, 0.3) is 0 Å². The van der Waals surface area contributed by atoms with E-state index in [2.05, 4.69) is 4.99 Å². The number of rotatable bonds is 2. The molecule has 3 nitrogen and oxygen atoms in total. The molecule has 1 unspecified atom stereocenters. The van der Waals surface area contributed by atoms with E-state index in [9.17, 15) is 9.90 Å². The summed E-state index contributed by atoms with van der Waals surface area (Å²) in [6.45, 7) is 0. The molecule has 0 radical (unpaired) electrons. The Morgan fingerprint density at radius 2 is 1.89 bits per heavy atom. The van der Waals surface area contributed by atoms with Gasteiger partial charge in [0.1, 0.15) is 5.71 Å². The van der Waals surface area contributed by atoms with Crippen LogP contribution in [0, 0.1) is 0 Å². The van der Waals surface area contributed by atoms with E-state index in [0.717, 1.165) is 11.1 Å². The highest BCUT2D eigenvalue weighted by atomic mass is 35.5. The summed E-state index contributed by atoms with van der Waals surface area (Å²) in [6.07, 6.45) is 0. The second-order valence-electron chi connectivity index (χ2n) is 4.35. The Hall–Kier alpha value is -2.13. The Morgan fingerprint density at radius 1 is 1.16 bits per heavy atom. The van der Waals surface area contributed by atoms with Crippen LogP contribution in [0.1, 0.15) is 17.0 Å². The summed E-state index contributed by atoms with van der Waals surface area (Å²) >= 11 is 6.01. The quantitative estimate of drug-likeness (QED) is 0.906. The van der Waals surface area contributed by atoms with Gasteiger partial charge in [-0.05, 0) is 29.3 Å². The fraction of sp³-hybridized carbons (Fsp3) is 0.0667. The summed E-state index contributed by atoms with van der Waals surface area (Å²) in [5.74, 6) is -1.35. The fourth-order valence-electron chi connectivity index (χ4n) is 2.35. The van der Waals surface area contributed by atoms with Gasteiger partial charge in [0, 0.05) is 5.02 Å². The van der Waals surface area contributed by atoms with Crippen molar-refractivity contribution in [1.29, 1.82) is 0 Å². The van der Waals surface area contributed by atoms with Crippen LogP contribution in [0.15, 0.2) is 53.5 Å². The zero-order valence-electron chi connectivity index (χ0n) is 9.88. The molecule has 0 aliphatic carbocycles. The largest absolute Gasteiger partial charge is 0.477 e. The SMILES string of the molecule is O=C(O)C1=Nc2ccc(Cl)cc2C1c1ccccc1. The maximum Gasteiger partial charge on any atom is 0.351 e. The molecule has 0 amide bonds. The van der Waals surface area contributed by atoms with Gasteiger partial charge in [0.15, 0.2) is 0 Å². The van der Waals surface area contributed by atoms with Crippen molar-refractivity contribution in [3.05, 3.63) is 64.7 Å². The lowest BCUT2D eigenvalue weighted by Gasteiger charge is -2.13. The number of halogens is 1. The van der Waals surface area contributed by atoms with Gasteiger partial charge in [-0.3, -0.25) is 0 Å². The van der Waals surface area contributed by atoms with Crippen molar-refractivity contribution >= 4 is 29.0 Å². The van der Waals surface area contributed by atoms with Gasteiger partial charge in [0.2, 0.25) is 0 Å². The number of benzene rings is 2. The van der Waals surface area contributed by atoms with Crippen LogP contribution >= 0.6 is 11.6 Å². The van der Waals surface area contributed by atoms with E-state index in [0.29, 0.717) is 10.7 Å². The van der Waals surface area contributed by atoms with Gasteiger partial charge < -0.3 is 5.11 Å². The number of aliphatic imine (C=N–C) groups is 1. The van der Waals surface area contributed by atoms with E-state index >= 15 is 0 Å². The van der Waals surface area contributed by atoms with Crippen LogP contribution in [0.2, 0.25) is 5.02 Å². The fourth-order valence-corrected chi connectivity index (χ4v) is 2.53. The van der Waals surface area contributed by atoms with Crippen LogP contribution in [0.4, 0.5) is 5.69 Å². The Kier molecular flexibility index (Phi) is 2.84. The molecule has 3 rings (SSSR count). The Bertz CT molecular complexity index is 680. The molecule has 19 heavy (non-hydrogen) atoms. The topological polar surface area (TPSA) is 49.7 Å². The molecule has 2 aromatic carbocycles. The zero-order chi connectivity index (χ0) is 13.4. The first-order valence-corrected chi connectivity index (χ1v) is 6.21.